The van der Waals surface area contributed by atoms with E-state index in [1.54, 1.807) is 12.1 Å². The first-order chi connectivity index (χ1) is 11.4. The van der Waals surface area contributed by atoms with Crippen LogP contribution in [-0.4, -0.2) is 26.7 Å². The Morgan fingerprint density at radius 1 is 1.04 bits per heavy atom. The Morgan fingerprint density at radius 2 is 1.75 bits per heavy atom. The van der Waals surface area contributed by atoms with Crippen molar-refractivity contribution in [2.45, 2.75) is 13.8 Å². The van der Waals surface area contributed by atoms with E-state index in [0.717, 1.165) is 11.1 Å². The van der Waals surface area contributed by atoms with Gasteiger partial charge in [0.1, 0.15) is 17.2 Å². The molecule has 0 spiro atoms. The number of halogens is 1. The van der Waals surface area contributed by atoms with Gasteiger partial charge in [0.2, 0.25) is 0 Å². The quantitative estimate of drug-likeness (QED) is 0.856. The number of ether oxygens (including phenoxy) is 3. The average Bonchev–Trinajstić information content (AvgIpc) is 2.55. The second kappa shape index (κ2) is 7.93. The van der Waals surface area contributed by atoms with Crippen LogP contribution in [0.2, 0.25) is 5.02 Å². The lowest BCUT2D eigenvalue weighted by Crippen LogP contribution is -2.20. The van der Waals surface area contributed by atoms with Crippen LogP contribution in [0.25, 0.3) is 0 Å². The van der Waals surface area contributed by atoms with Crippen LogP contribution in [0.4, 0.5) is 5.69 Å². The van der Waals surface area contributed by atoms with E-state index in [1.807, 2.05) is 32.0 Å². The van der Waals surface area contributed by atoms with Gasteiger partial charge in [0.05, 0.1) is 24.9 Å². The van der Waals surface area contributed by atoms with Gasteiger partial charge >= 0.3 is 0 Å². The van der Waals surface area contributed by atoms with E-state index in [0.29, 0.717) is 28.0 Å². The molecule has 5 nitrogen and oxygen atoms in total. The number of rotatable bonds is 6. The Labute approximate surface area is 146 Å². The highest BCUT2D eigenvalue weighted by Gasteiger charge is 2.13. The molecule has 2 aromatic rings. The summed E-state index contributed by atoms with van der Waals surface area (Å²) in [6.07, 6.45) is 0. The van der Waals surface area contributed by atoms with E-state index in [9.17, 15) is 4.79 Å². The zero-order valence-corrected chi connectivity index (χ0v) is 14.9. The largest absolute Gasteiger partial charge is 0.495 e. The number of anilines is 1. The van der Waals surface area contributed by atoms with Crippen molar-refractivity contribution in [2.75, 3.05) is 26.1 Å². The summed E-state index contributed by atoms with van der Waals surface area (Å²) in [5.41, 5.74) is 2.59. The van der Waals surface area contributed by atoms with Gasteiger partial charge in [-0.2, -0.15) is 0 Å². The number of hydrogen-bond acceptors (Lipinski definition) is 4. The van der Waals surface area contributed by atoms with Gasteiger partial charge in [0.15, 0.2) is 6.61 Å². The van der Waals surface area contributed by atoms with Crippen molar-refractivity contribution in [3.05, 3.63) is 46.5 Å². The fourth-order valence-corrected chi connectivity index (χ4v) is 2.48. The number of carbonyl (C=O) groups excluding carboxylic acids is 1. The number of methoxy groups -OCH3 is 2. The molecule has 0 saturated carbocycles. The Morgan fingerprint density at radius 3 is 2.38 bits per heavy atom. The van der Waals surface area contributed by atoms with Crippen LogP contribution >= 0.6 is 11.6 Å². The topological polar surface area (TPSA) is 56.8 Å². The van der Waals surface area contributed by atoms with Crippen LogP contribution in [-0.2, 0) is 4.79 Å². The van der Waals surface area contributed by atoms with Gasteiger partial charge < -0.3 is 19.5 Å². The molecule has 128 valence electrons. The van der Waals surface area contributed by atoms with Crippen LogP contribution in [0.15, 0.2) is 30.3 Å². The molecule has 0 heterocycles. The molecule has 0 fully saturated rings. The van der Waals surface area contributed by atoms with Crippen LogP contribution < -0.4 is 19.5 Å². The van der Waals surface area contributed by atoms with E-state index >= 15 is 0 Å². The second-order valence-electron chi connectivity index (χ2n) is 5.29. The lowest BCUT2D eigenvalue weighted by Gasteiger charge is -2.14. The van der Waals surface area contributed by atoms with E-state index in [1.165, 1.54) is 14.2 Å². The predicted molar refractivity (Wildman–Crippen MR) is 94.6 cm³/mol. The van der Waals surface area contributed by atoms with Gasteiger partial charge in [0.25, 0.3) is 5.91 Å². The first-order valence-corrected chi connectivity index (χ1v) is 7.73. The van der Waals surface area contributed by atoms with Crippen LogP contribution in [0.3, 0.4) is 0 Å². The summed E-state index contributed by atoms with van der Waals surface area (Å²) in [5, 5.41) is 3.14. The highest BCUT2D eigenvalue weighted by molar-refractivity contribution is 6.32. The molecule has 24 heavy (non-hydrogen) atoms. The molecule has 2 rings (SSSR count). The molecule has 0 aliphatic carbocycles. The number of nitrogens with one attached hydrogen (secondary N) is 1. The van der Waals surface area contributed by atoms with E-state index in [4.69, 9.17) is 25.8 Å². The summed E-state index contributed by atoms with van der Waals surface area (Å²) in [6, 6.07) is 8.98. The van der Waals surface area contributed by atoms with Crippen LogP contribution in [0.1, 0.15) is 11.1 Å². The molecule has 0 radical (unpaired) electrons. The van der Waals surface area contributed by atoms with Crippen molar-refractivity contribution in [3.63, 3.8) is 0 Å². The Balaban J connectivity index is 2.06. The molecule has 0 unspecified atom stereocenters. The van der Waals surface area contributed by atoms with Crippen molar-refractivity contribution in [1.82, 2.24) is 0 Å². The number of benzene rings is 2. The lowest BCUT2D eigenvalue weighted by molar-refractivity contribution is -0.118. The first kappa shape index (κ1) is 17.9. The average molecular weight is 350 g/mol. The molecule has 1 amide bonds. The Hall–Kier alpha value is -2.40. The summed E-state index contributed by atoms with van der Waals surface area (Å²) in [4.78, 5) is 12.2. The fourth-order valence-electron chi connectivity index (χ4n) is 2.25. The standard InChI is InChI=1S/C18H20ClNO4/c1-11-5-6-15(12(2)7-11)24-10-18(21)20-14-9-16(22-3)13(19)8-17(14)23-4/h5-9H,10H2,1-4H3,(H,20,21). The smallest absolute Gasteiger partial charge is 0.262 e. The van der Waals surface area contributed by atoms with Gasteiger partial charge in [-0.1, -0.05) is 29.3 Å². The van der Waals surface area contributed by atoms with Crippen LogP contribution in [0.5, 0.6) is 17.2 Å². The SMILES string of the molecule is COc1cc(NC(=O)COc2ccc(C)cc2C)c(OC)cc1Cl. The number of aryl methyl sites for hydroxylation is 2. The van der Waals surface area contributed by atoms with Crippen molar-refractivity contribution in [3.8, 4) is 17.2 Å². The van der Waals surface area contributed by atoms with Gasteiger partial charge in [-0.05, 0) is 25.5 Å². The normalized spacial score (nSPS) is 10.2. The zero-order chi connectivity index (χ0) is 17.7. The van der Waals surface area contributed by atoms with E-state index < -0.39 is 0 Å². The minimum Gasteiger partial charge on any atom is -0.495 e. The maximum absolute atomic E-state index is 12.2. The van der Waals surface area contributed by atoms with Crippen LogP contribution in [0, 0.1) is 13.8 Å². The summed E-state index contributed by atoms with van der Waals surface area (Å²) >= 11 is 6.05. The van der Waals surface area contributed by atoms with Crippen molar-refractivity contribution in [2.24, 2.45) is 0 Å². The monoisotopic (exact) mass is 349 g/mol. The summed E-state index contributed by atoms with van der Waals surface area (Å²) in [6.45, 7) is 3.83. The van der Waals surface area contributed by atoms with Gasteiger partial charge in [-0.3, -0.25) is 4.79 Å². The minimum absolute atomic E-state index is 0.113. The molecular weight excluding hydrogens is 330 g/mol. The molecule has 0 aliphatic heterocycles. The predicted octanol–water partition coefficient (Wildman–Crippen LogP) is 3.99. The van der Waals surface area contributed by atoms with E-state index in [-0.39, 0.29) is 12.5 Å². The Bertz CT molecular complexity index is 746. The number of carbonyl (C=O) groups is 1. The van der Waals surface area contributed by atoms with E-state index in [2.05, 4.69) is 5.32 Å². The molecule has 0 aliphatic rings. The zero-order valence-electron chi connectivity index (χ0n) is 14.1. The second-order valence-corrected chi connectivity index (χ2v) is 5.70. The van der Waals surface area contributed by atoms with Gasteiger partial charge in [0, 0.05) is 12.1 Å². The van der Waals surface area contributed by atoms with Crippen molar-refractivity contribution >= 4 is 23.2 Å². The lowest BCUT2D eigenvalue weighted by atomic mass is 10.1. The van der Waals surface area contributed by atoms with Gasteiger partial charge in [-0.25, -0.2) is 0 Å². The minimum atomic E-state index is -0.308. The summed E-state index contributed by atoms with van der Waals surface area (Å²) < 4.78 is 15.9. The van der Waals surface area contributed by atoms with Gasteiger partial charge in [-0.15, -0.1) is 0 Å². The molecule has 1 N–H and O–H groups in total. The molecule has 6 heteroatoms. The highest BCUT2D eigenvalue weighted by atomic mass is 35.5. The maximum atomic E-state index is 12.2. The molecule has 0 bridgehead atoms. The summed E-state index contributed by atoms with van der Waals surface area (Å²) in [7, 11) is 3.00. The number of hydrogen-bond donors (Lipinski definition) is 1. The summed E-state index contributed by atoms with van der Waals surface area (Å²) in [5.74, 6) is 1.26. The molecule has 0 saturated heterocycles. The molecule has 0 atom stereocenters. The third kappa shape index (κ3) is 4.32. The maximum Gasteiger partial charge on any atom is 0.262 e. The third-order valence-electron chi connectivity index (χ3n) is 3.44. The van der Waals surface area contributed by atoms with Crippen molar-refractivity contribution in [1.29, 1.82) is 0 Å². The Kier molecular flexibility index (Phi) is 5.93. The highest BCUT2D eigenvalue weighted by Crippen LogP contribution is 2.35. The fraction of sp³-hybridized carbons (Fsp3) is 0.278. The molecular formula is C18H20ClNO4. The molecule has 0 aromatic heterocycles. The molecule has 2 aromatic carbocycles. The first-order valence-electron chi connectivity index (χ1n) is 7.36. The third-order valence-corrected chi connectivity index (χ3v) is 3.73. The number of amides is 1. The van der Waals surface area contributed by atoms with Crippen molar-refractivity contribution < 1.29 is 19.0 Å².